The number of hydrogen-bond acceptors (Lipinski definition) is 5. The molecule has 7 nitrogen and oxygen atoms in total. The van der Waals surface area contributed by atoms with E-state index in [9.17, 15) is 14.0 Å². The SMILES string of the molecule is O=C(Nn1c(-c2ccc(Br)o2)nc2ccccc2c1=O)c1cc(-c2ccc(F)cc2)nc2ccccc12. The molecule has 0 saturated heterocycles. The quantitative estimate of drug-likeness (QED) is 0.282. The minimum Gasteiger partial charge on any atom is -0.446 e. The van der Waals surface area contributed by atoms with Gasteiger partial charge in [-0.3, -0.25) is 15.0 Å². The Morgan fingerprint density at radius 1 is 0.865 bits per heavy atom. The number of benzene rings is 3. The smallest absolute Gasteiger partial charge is 0.280 e. The number of pyridine rings is 1. The normalized spacial score (nSPS) is 11.2. The first kappa shape index (κ1) is 22.8. The fraction of sp³-hybridized carbons (Fsp3) is 0. The Labute approximate surface area is 217 Å². The van der Waals surface area contributed by atoms with Crippen LogP contribution < -0.4 is 11.0 Å². The number of amides is 1. The maximum Gasteiger partial charge on any atom is 0.280 e. The van der Waals surface area contributed by atoms with E-state index in [-0.39, 0.29) is 17.2 Å². The van der Waals surface area contributed by atoms with Crippen LogP contribution in [0.15, 0.2) is 105 Å². The first-order valence-electron chi connectivity index (χ1n) is 11.2. The molecule has 0 radical (unpaired) electrons. The Kier molecular flexibility index (Phi) is 5.61. The van der Waals surface area contributed by atoms with Gasteiger partial charge in [0.15, 0.2) is 16.3 Å². The summed E-state index contributed by atoms with van der Waals surface area (Å²) in [5.41, 5.74) is 4.72. The van der Waals surface area contributed by atoms with Crippen LogP contribution in [0.1, 0.15) is 10.4 Å². The van der Waals surface area contributed by atoms with Crippen molar-refractivity contribution in [3.8, 4) is 22.8 Å². The van der Waals surface area contributed by atoms with Crippen molar-refractivity contribution < 1.29 is 13.6 Å². The summed E-state index contributed by atoms with van der Waals surface area (Å²) in [4.78, 5) is 36.4. The maximum absolute atomic E-state index is 13.7. The van der Waals surface area contributed by atoms with Crippen LogP contribution in [-0.4, -0.2) is 20.6 Å². The lowest BCUT2D eigenvalue weighted by Crippen LogP contribution is -2.35. The topological polar surface area (TPSA) is 90.0 Å². The molecule has 0 spiro atoms. The maximum atomic E-state index is 13.7. The highest BCUT2D eigenvalue weighted by Crippen LogP contribution is 2.27. The Hall–Kier alpha value is -4.63. The fourth-order valence-electron chi connectivity index (χ4n) is 4.13. The molecule has 0 aliphatic heterocycles. The first-order chi connectivity index (χ1) is 18.0. The number of carbonyl (C=O) groups excluding carboxylic acids is 1. The van der Waals surface area contributed by atoms with Gasteiger partial charge in [0.1, 0.15) is 5.82 Å². The van der Waals surface area contributed by atoms with Crippen LogP contribution in [0.25, 0.3) is 44.6 Å². The molecule has 0 aliphatic rings. The van der Waals surface area contributed by atoms with Gasteiger partial charge in [-0.05, 0) is 76.6 Å². The molecule has 0 aliphatic carbocycles. The summed E-state index contributed by atoms with van der Waals surface area (Å²) in [5, 5.41) is 0.929. The van der Waals surface area contributed by atoms with E-state index in [2.05, 4.69) is 31.3 Å². The molecule has 0 bridgehead atoms. The van der Waals surface area contributed by atoms with Crippen molar-refractivity contribution in [2.75, 3.05) is 5.43 Å². The van der Waals surface area contributed by atoms with Gasteiger partial charge in [0.2, 0.25) is 0 Å². The average molecular weight is 555 g/mol. The van der Waals surface area contributed by atoms with E-state index in [1.165, 1.54) is 12.1 Å². The molecule has 0 atom stereocenters. The Balaban J connectivity index is 1.52. The van der Waals surface area contributed by atoms with Crippen molar-refractivity contribution in [1.29, 1.82) is 0 Å². The van der Waals surface area contributed by atoms with E-state index in [1.54, 1.807) is 72.8 Å². The molecule has 0 saturated carbocycles. The number of hydrogen-bond donors (Lipinski definition) is 1. The van der Waals surface area contributed by atoms with E-state index >= 15 is 0 Å². The van der Waals surface area contributed by atoms with E-state index in [1.807, 2.05) is 6.07 Å². The van der Waals surface area contributed by atoms with Gasteiger partial charge in [0.05, 0.1) is 27.7 Å². The van der Waals surface area contributed by atoms with Crippen LogP contribution in [0.4, 0.5) is 4.39 Å². The third kappa shape index (κ3) is 4.19. The highest BCUT2D eigenvalue weighted by atomic mass is 79.9. The Morgan fingerprint density at radius 3 is 2.24 bits per heavy atom. The first-order valence-corrected chi connectivity index (χ1v) is 12.0. The zero-order valence-corrected chi connectivity index (χ0v) is 20.6. The van der Waals surface area contributed by atoms with E-state index in [4.69, 9.17) is 4.42 Å². The van der Waals surface area contributed by atoms with Gasteiger partial charge < -0.3 is 4.42 Å². The molecule has 0 unspecified atom stereocenters. The number of carbonyl (C=O) groups is 1. The number of furan rings is 1. The van der Waals surface area contributed by atoms with Gasteiger partial charge in [0.25, 0.3) is 11.5 Å². The lowest BCUT2D eigenvalue weighted by atomic mass is 10.0. The van der Waals surface area contributed by atoms with Crippen LogP contribution >= 0.6 is 15.9 Å². The van der Waals surface area contributed by atoms with E-state index in [0.29, 0.717) is 43.5 Å². The Bertz CT molecular complexity index is 1880. The molecular weight excluding hydrogens is 539 g/mol. The number of fused-ring (bicyclic) bond motifs is 2. The molecule has 3 heterocycles. The molecule has 1 amide bonds. The molecule has 3 aromatic heterocycles. The Morgan fingerprint density at radius 2 is 1.54 bits per heavy atom. The average Bonchev–Trinajstić information content (AvgIpc) is 3.36. The number of aromatic nitrogens is 3. The second-order valence-corrected chi connectivity index (χ2v) is 9.00. The number of para-hydroxylation sites is 2. The van der Waals surface area contributed by atoms with Crippen LogP contribution in [-0.2, 0) is 0 Å². The lowest BCUT2D eigenvalue weighted by molar-refractivity contribution is 0.101. The van der Waals surface area contributed by atoms with Crippen LogP contribution in [0.5, 0.6) is 0 Å². The minimum absolute atomic E-state index is 0.139. The number of halogens is 2. The monoisotopic (exact) mass is 554 g/mol. The molecule has 9 heteroatoms. The summed E-state index contributed by atoms with van der Waals surface area (Å²) in [5.74, 6) is -0.489. The van der Waals surface area contributed by atoms with Crippen LogP contribution in [0, 0.1) is 5.82 Å². The largest absolute Gasteiger partial charge is 0.446 e. The van der Waals surface area contributed by atoms with Crippen molar-refractivity contribution in [1.82, 2.24) is 14.6 Å². The van der Waals surface area contributed by atoms with Crippen molar-refractivity contribution in [3.05, 3.63) is 117 Å². The molecule has 3 aromatic carbocycles. The summed E-state index contributed by atoms with van der Waals surface area (Å²) in [7, 11) is 0. The van der Waals surface area contributed by atoms with Crippen molar-refractivity contribution >= 4 is 43.6 Å². The number of nitrogens with one attached hydrogen (secondary N) is 1. The van der Waals surface area contributed by atoms with Crippen molar-refractivity contribution in [2.45, 2.75) is 0 Å². The van der Waals surface area contributed by atoms with E-state index in [0.717, 1.165) is 4.68 Å². The zero-order chi connectivity index (χ0) is 25.5. The standard InChI is InChI=1S/C28H16BrFN4O3/c29-25-14-13-24(37-25)26-32-22-8-4-2-6-19(22)28(36)34(26)33-27(35)20-15-23(16-9-11-17(30)12-10-16)31-21-7-3-1-5-18(20)21/h1-15H,(H,33,35). The lowest BCUT2D eigenvalue weighted by Gasteiger charge is -2.15. The highest BCUT2D eigenvalue weighted by Gasteiger charge is 2.20. The zero-order valence-electron chi connectivity index (χ0n) is 19.0. The molecule has 0 fully saturated rings. The predicted molar refractivity (Wildman–Crippen MR) is 142 cm³/mol. The minimum atomic E-state index is -0.548. The summed E-state index contributed by atoms with van der Waals surface area (Å²) in [6.45, 7) is 0. The van der Waals surface area contributed by atoms with Gasteiger partial charge in [-0.15, -0.1) is 0 Å². The molecule has 6 rings (SSSR count). The number of nitrogens with zero attached hydrogens (tertiary/aromatic N) is 3. The second-order valence-electron chi connectivity index (χ2n) is 8.22. The van der Waals surface area contributed by atoms with Gasteiger partial charge in [-0.1, -0.05) is 30.3 Å². The fourth-order valence-corrected chi connectivity index (χ4v) is 4.44. The third-order valence-corrected chi connectivity index (χ3v) is 6.31. The van der Waals surface area contributed by atoms with E-state index < -0.39 is 11.5 Å². The summed E-state index contributed by atoms with van der Waals surface area (Å²) >= 11 is 3.27. The van der Waals surface area contributed by atoms with Gasteiger partial charge in [-0.25, -0.2) is 14.4 Å². The number of rotatable bonds is 4. The van der Waals surface area contributed by atoms with Crippen molar-refractivity contribution in [2.24, 2.45) is 0 Å². The van der Waals surface area contributed by atoms with Gasteiger partial charge in [0, 0.05) is 10.9 Å². The van der Waals surface area contributed by atoms with Crippen LogP contribution in [0.2, 0.25) is 0 Å². The second kappa shape index (κ2) is 9.11. The molecule has 180 valence electrons. The summed E-state index contributed by atoms with van der Waals surface area (Å²) in [6.07, 6.45) is 0. The molecule has 1 N–H and O–H groups in total. The summed E-state index contributed by atoms with van der Waals surface area (Å²) in [6, 6.07) is 24.8. The highest BCUT2D eigenvalue weighted by molar-refractivity contribution is 9.10. The summed E-state index contributed by atoms with van der Waals surface area (Å²) < 4.78 is 20.7. The van der Waals surface area contributed by atoms with Crippen LogP contribution in [0.3, 0.4) is 0 Å². The third-order valence-electron chi connectivity index (χ3n) is 5.88. The molecule has 37 heavy (non-hydrogen) atoms. The molecular formula is C28H16BrFN4O3. The van der Waals surface area contributed by atoms with Crippen molar-refractivity contribution in [3.63, 3.8) is 0 Å². The predicted octanol–water partition coefficient (Wildman–Crippen LogP) is 6.16. The van der Waals surface area contributed by atoms with Gasteiger partial charge >= 0.3 is 0 Å². The molecule has 6 aromatic rings. The van der Waals surface area contributed by atoms with Gasteiger partial charge in [-0.2, -0.15) is 4.68 Å².